The minimum atomic E-state index is -0.445. The van der Waals surface area contributed by atoms with Gasteiger partial charge in [-0.1, -0.05) is 19.4 Å². The molecule has 0 spiro atoms. The fourth-order valence-electron chi connectivity index (χ4n) is 4.51. The first kappa shape index (κ1) is 18.0. The van der Waals surface area contributed by atoms with Gasteiger partial charge in [0.05, 0.1) is 16.9 Å². The molecular formula is C22H25N5O2. The predicted octanol–water partition coefficient (Wildman–Crippen LogP) is 3.78. The van der Waals surface area contributed by atoms with E-state index in [0.717, 1.165) is 42.1 Å². The number of nitrogens with one attached hydrogen (secondary N) is 1. The van der Waals surface area contributed by atoms with E-state index in [4.69, 9.17) is 15.1 Å². The molecule has 5 rings (SSSR count). The minimum Gasteiger partial charge on any atom is -0.408 e. The quantitative estimate of drug-likeness (QED) is 0.552. The maximum Gasteiger partial charge on any atom is 0.417 e. The summed E-state index contributed by atoms with van der Waals surface area (Å²) in [7, 11) is 0. The van der Waals surface area contributed by atoms with E-state index in [9.17, 15) is 4.79 Å². The molecule has 1 fully saturated rings. The van der Waals surface area contributed by atoms with Gasteiger partial charge in [-0.25, -0.2) is 9.78 Å². The molecule has 1 aliphatic heterocycles. The molecule has 150 valence electrons. The van der Waals surface area contributed by atoms with Gasteiger partial charge in [0.25, 0.3) is 0 Å². The number of nitrogen functional groups attached to an aromatic ring is 1. The summed E-state index contributed by atoms with van der Waals surface area (Å²) < 4.78 is 7.37. The third-order valence-corrected chi connectivity index (χ3v) is 6.01. The van der Waals surface area contributed by atoms with Gasteiger partial charge in [0.15, 0.2) is 5.58 Å². The number of H-pyrrole nitrogens is 1. The lowest BCUT2D eigenvalue weighted by Crippen LogP contribution is -2.38. The lowest BCUT2D eigenvalue weighted by Gasteiger charge is -2.35. The first-order valence-corrected chi connectivity index (χ1v) is 10.3. The number of rotatable bonds is 4. The van der Waals surface area contributed by atoms with E-state index in [-0.39, 0.29) is 0 Å². The summed E-state index contributed by atoms with van der Waals surface area (Å²) >= 11 is 0. The Hall–Kier alpha value is -3.06. The van der Waals surface area contributed by atoms with Gasteiger partial charge in [-0.15, -0.1) is 0 Å². The van der Waals surface area contributed by atoms with Crippen LogP contribution in [0.25, 0.3) is 28.0 Å². The lowest BCUT2D eigenvalue weighted by atomic mass is 9.99. The van der Waals surface area contributed by atoms with Gasteiger partial charge in [0.1, 0.15) is 5.65 Å². The largest absolute Gasteiger partial charge is 0.417 e. The van der Waals surface area contributed by atoms with Gasteiger partial charge < -0.3 is 14.6 Å². The third kappa shape index (κ3) is 3.21. The summed E-state index contributed by atoms with van der Waals surface area (Å²) in [5.74, 6) is -0.445. The summed E-state index contributed by atoms with van der Waals surface area (Å²) in [6.07, 6.45) is 6.86. The number of hydrogen-bond acceptors (Lipinski definition) is 5. The predicted molar refractivity (Wildman–Crippen MR) is 114 cm³/mol. The van der Waals surface area contributed by atoms with Crippen LogP contribution in [0.3, 0.4) is 0 Å². The van der Waals surface area contributed by atoms with Crippen LogP contribution in [0.5, 0.6) is 0 Å². The minimum absolute atomic E-state index is 0.445. The third-order valence-electron chi connectivity index (χ3n) is 6.01. The number of aromatic nitrogens is 3. The highest BCUT2D eigenvalue weighted by Gasteiger charge is 2.24. The molecule has 1 unspecified atom stereocenters. The average Bonchev–Trinajstić information content (AvgIpc) is 3.27. The molecule has 4 heterocycles. The maximum absolute atomic E-state index is 11.6. The van der Waals surface area contributed by atoms with Crippen molar-refractivity contribution in [1.29, 1.82) is 0 Å². The van der Waals surface area contributed by atoms with Crippen LogP contribution in [0.15, 0.2) is 45.7 Å². The number of anilines is 1. The number of nitrogens with zero attached hydrogens (tertiary/aromatic N) is 3. The molecule has 1 aliphatic rings. The van der Waals surface area contributed by atoms with Gasteiger partial charge in [-0.2, -0.15) is 0 Å². The topological polar surface area (TPSA) is 92.6 Å². The number of oxazole rings is 1. The molecule has 0 amide bonds. The van der Waals surface area contributed by atoms with Gasteiger partial charge >= 0.3 is 5.76 Å². The highest BCUT2D eigenvalue weighted by atomic mass is 16.4. The second kappa shape index (κ2) is 7.08. The van der Waals surface area contributed by atoms with E-state index in [1.165, 1.54) is 19.3 Å². The number of benzene rings is 1. The van der Waals surface area contributed by atoms with E-state index in [1.807, 2.05) is 36.5 Å². The monoisotopic (exact) mass is 391 g/mol. The van der Waals surface area contributed by atoms with Crippen LogP contribution in [-0.2, 0) is 6.54 Å². The zero-order valence-electron chi connectivity index (χ0n) is 16.5. The SMILES string of the molecule is CCC1CCCCN1Cc1c(-c2ccc3[nH]c(=O)oc3c2)nc2ccc(N)cn12. The molecule has 0 saturated carbocycles. The van der Waals surface area contributed by atoms with E-state index >= 15 is 0 Å². The van der Waals surface area contributed by atoms with Crippen LogP contribution in [0.4, 0.5) is 5.69 Å². The first-order valence-electron chi connectivity index (χ1n) is 10.3. The van der Waals surface area contributed by atoms with Gasteiger partial charge in [0.2, 0.25) is 0 Å². The Kier molecular flexibility index (Phi) is 4.39. The van der Waals surface area contributed by atoms with Crippen LogP contribution >= 0.6 is 0 Å². The molecular weight excluding hydrogens is 366 g/mol. The summed E-state index contributed by atoms with van der Waals surface area (Å²) in [6, 6.07) is 10.2. The first-order chi connectivity index (χ1) is 14.1. The Labute approximate surface area is 168 Å². The van der Waals surface area contributed by atoms with E-state index in [1.54, 1.807) is 0 Å². The number of aromatic amines is 1. The van der Waals surface area contributed by atoms with Crippen LogP contribution in [0, 0.1) is 0 Å². The fraction of sp³-hybridized carbons (Fsp3) is 0.364. The van der Waals surface area contributed by atoms with Crippen molar-refractivity contribution in [3.05, 3.63) is 52.8 Å². The zero-order valence-corrected chi connectivity index (χ0v) is 16.5. The zero-order chi connectivity index (χ0) is 20.0. The number of fused-ring (bicyclic) bond motifs is 2. The van der Waals surface area contributed by atoms with Crippen LogP contribution < -0.4 is 11.5 Å². The number of pyridine rings is 1. The normalized spacial score (nSPS) is 18.0. The molecule has 1 saturated heterocycles. The number of likely N-dealkylation sites (tertiary alicyclic amines) is 1. The number of nitrogens with two attached hydrogens (primary N) is 1. The van der Waals surface area contributed by atoms with Crippen molar-refractivity contribution in [3.8, 4) is 11.3 Å². The van der Waals surface area contributed by atoms with Gasteiger partial charge in [0, 0.05) is 30.0 Å². The number of imidazole rings is 1. The van der Waals surface area contributed by atoms with Crippen molar-refractivity contribution in [1.82, 2.24) is 19.3 Å². The van der Waals surface area contributed by atoms with Crippen molar-refractivity contribution >= 4 is 22.4 Å². The maximum atomic E-state index is 11.6. The molecule has 4 aromatic rings. The van der Waals surface area contributed by atoms with Gasteiger partial charge in [-0.05, 0) is 50.1 Å². The molecule has 0 bridgehead atoms. The van der Waals surface area contributed by atoms with Crippen LogP contribution in [0.2, 0.25) is 0 Å². The average molecular weight is 391 g/mol. The Balaban J connectivity index is 1.65. The van der Waals surface area contributed by atoms with Crippen molar-refractivity contribution in [3.63, 3.8) is 0 Å². The van der Waals surface area contributed by atoms with Gasteiger partial charge in [-0.3, -0.25) is 9.88 Å². The molecule has 0 radical (unpaired) electrons. The Morgan fingerprint density at radius 1 is 1.28 bits per heavy atom. The lowest BCUT2D eigenvalue weighted by molar-refractivity contribution is 0.134. The highest BCUT2D eigenvalue weighted by molar-refractivity contribution is 5.80. The molecule has 3 aromatic heterocycles. The fourth-order valence-corrected chi connectivity index (χ4v) is 4.51. The molecule has 7 heteroatoms. The van der Waals surface area contributed by atoms with E-state index in [0.29, 0.717) is 22.8 Å². The van der Waals surface area contributed by atoms with Crippen molar-refractivity contribution in [2.24, 2.45) is 0 Å². The molecule has 0 aliphatic carbocycles. The molecule has 1 atom stereocenters. The van der Waals surface area contributed by atoms with Crippen LogP contribution in [-0.4, -0.2) is 31.9 Å². The number of piperidine rings is 1. The molecule has 1 aromatic carbocycles. The summed E-state index contributed by atoms with van der Waals surface area (Å²) in [6.45, 7) is 4.17. The second-order valence-electron chi connectivity index (χ2n) is 7.85. The smallest absolute Gasteiger partial charge is 0.408 e. The second-order valence-corrected chi connectivity index (χ2v) is 7.85. The Bertz CT molecular complexity index is 1240. The molecule has 3 N–H and O–H groups in total. The van der Waals surface area contributed by atoms with Crippen molar-refractivity contribution in [2.45, 2.75) is 45.2 Å². The summed E-state index contributed by atoms with van der Waals surface area (Å²) in [5, 5.41) is 0. The van der Waals surface area contributed by atoms with E-state index < -0.39 is 5.76 Å². The highest BCUT2D eigenvalue weighted by Crippen LogP contribution is 2.30. The standard InChI is InChI=1S/C22H25N5O2/c1-2-16-5-3-4-10-26(16)13-18-21(25-20-9-7-15(23)12-27(18)20)14-6-8-17-19(11-14)29-22(28)24-17/h6-9,11-12,16H,2-5,10,13,23H2,1H3,(H,24,28). The Morgan fingerprint density at radius 2 is 2.17 bits per heavy atom. The van der Waals surface area contributed by atoms with Crippen molar-refractivity contribution < 1.29 is 4.42 Å². The molecule has 29 heavy (non-hydrogen) atoms. The van der Waals surface area contributed by atoms with Crippen LogP contribution in [0.1, 0.15) is 38.3 Å². The Morgan fingerprint density at radius 3 is 3.03 bits per heavy atom. The summed E-state index contributed by atoms with van der Waals surface area (Å²) in [4.78, 5) is 21.7. The van der Waals surface area contributed by atoms with Crippen molar-refractivity contribution in [2.75, 3.05) is 12.3 Å². The number of hydrogen-bond donors (Lipinski definition) is 2. The van der Waals surface area contributed by atoms with E-state index in [2.05, 4.69) is 21.2 Å². The summed E-state index contributed by atoms with van der Waals surface area (Å²) in [5.41, 5.74) is 11.8. The molecule has 7 nitrogen and oxygen atoms in total.